The summed E-state index contributed by atoms with van der Waals surface area (Å²) < 4.78 is 38.4. The van der Waals surface area contributed by atoms with Gasteiger partial charge >= 0.3 is 18.3 Å². The van der Waals surface area contributed by atoms with E-state index in [-0.39, 0.29) is 59.3 Å². The number of halogens is 1. The van der Waals surface area contributed by atoms with Crippen LogP contribution in [0.25, 0.3) is 21.9 Å². The number of amides is 3. The zero-order chi connectivity index (χ0) is 34.6. The van der Waals surface area contributed by atoms with Crippen LogP contribution >= 0.6 is 0 Å². The van der Waals surface area contributed by atoms with Crippen LogP contribution in [0.2, 0.25) is 0 Å². The zero-order valence-electron chi connectivity index (χ0n) is 27.1. The van der Waals surface area contributed by atoms with E-state index in [4.69, 9.17) is 18.9 Å². The number of carbonyl (C=O) groups is 3. The molecular formula is C34H36FN5O8. The van der Waals surface area contributed by atoms with Gasteiger partial charge in [0.2, 0.25) is 5.88 Å². The molecule has 2 aromatic carbocycles. The molecule has 0 saturated heterocycles. The number of nitrogens with zero attached hydrogens (tertiary/aromatic N) is 3. The minimum Gasteiger partial charge on any atom is -0.474 e. The number of ether oxygens (including phenoxy) is 4. The van der Waals surface area contributed by atoms with E-state index in [0.29, 0.717) is 17.6 Å². The number of pyridine rings is 2. The Morgan fingerprint density at radius 2 is 1.81 bits per heavy atom. The monoisotopic (exact) mass is 661 g/mol. The first-order valence-corrected chi connectivity index (χ1v) is 15.2. The second-order valence-electron chi connectivity index (χ2n) is 12.1. The molecule has 0 saturated carbocycles. The summed E-state index contributed by atoms with van der Waals surface area (Å²) in [6, 6.07) is 12.6. The van der Waals surface area contributed by atoms with Crippen molar-refractivity contribution in [2.45, 2.75) is 52.9 Å². The topological polar surface area (TPSA) is 161 Å². The minimum atomic E-state index is -1.21. The molecule has 1 aliphatic rings. The third-order valence-corrected chi connectivity index (χ3v) is 7.21. The van der Waals surface area contributed by atoms with E-state index in [0.717, 1.165) is 10.5 Å². The normalized spacial score (nSPS) is 13.2. The Morgan fingerprint density at radius 3 is 2.52 bits per heavy atom. The van der Waals surface area contributed by atoms with Crippen LogP contribution in [0, 0.1) is 12.7 Å². The van der Waals surface area contributed by atoms with Crippen molar-refractivity contribution >= 4 is 46.2 Å². The van der Waals surface area contributed by atoms with Gasteiger partial charge in [-0.05, 0) is 63.3 Å². The molecule has 14 heteroatoms. The molecule has 3 heterocycles. The van der Waals surface area contributed by atoms with Gasteiger partial charge in [0.05, 0.1) is 25.4 Å². The van der Waals surface area contributed by atoms with Gasteiger partial charge < -0.3 is 24.1 Å². The largest absolute Gasteiger partial charge is 0.474 e. The molecule has 0 bridgehead atoms. The number of hydrogen-bond donors (Lipinski definition) is 3. The Morgan fingerprint density at radius 1 is 1.06 bits per heavy atom. The van der Waals surface area contributed by atoms with Crippen molar-refractivity contribution in [1.29, 1.82) is 0 Å². The summed E-state index contributed by atoms with van der Waals surface area (Å²) in [5.74, 6) is -0.633. The van der Waals surface area contributed by atoms with Crippen LogP contribution in [-0.2, 0) is 20.8 Å². The fourth-order valence-electron chi connectivity index (χ4n) is 5.13. The number of fused-ring (bicyclic) bond motifs is 2. The van der Waals surface area contributed by atoms with Crippen LogP contribution in [0.5, 0.6) is 5.88 Å². The van der Waals surface area contributed by atoms with Gasteiger partial charge in [0.15, 0.2) is 5.82 Å². The molecule has 3 amide bonds. The maximum Gasteiger partial charge on any atom is 0.413 e. The average Bonchev–Trinajstić information content (AvgIpc) is 3.02. The van der Waals surface area contributed by atoms with E-state index < -0.39 is 35.8 Å². The van der Waals surface area contributed by atoms with Gasteiger partial charge in [-0.25, -0.2) is 28.7 Å². The number of benzene rings is 2. The van der Waals surface area contributed by atoms with Crippen molar-refractivity contribution in [3.63, 3.8) is 0 Å². The summed E-state index contributed by atoms with van der Waals surface area (Å²) in [6.45, 7) is 9.04. The van der Waals surface area contributed by atoms with Gasteiger partial charge in [0, 0.05) is 28.9 Å². The second-order valence-corrected chi connectivity index (χ2v) is 12.1. The molecule has 1 aliphatic heterocycles. The lowest BCUT2D eigenvalue weighted by Crippen LogP contribution is -2.37. The lowest BCUT2D eigenvalue weighted by Gasteiger charge is -2.29. The fourth-order valence-corrected chi connectivity index (χ4v) is 5.13. The molecule has 0 fully saturated rings. The lowest BCUT2D eigenvalue weighted by molar-refractivity contribution is 0.0268. The summed E-state index contributed by atoms with van der Waals surface area (Å²) in [7, 11) is 0. The smallest absolute Gasteiger partial charge is 0.413 e. The fraction of sp³-hybridized carbons (Fsp3) is 0.324. The second kappa shape index (κ2) is 14.1. The quantitative estimate of drug-likeness (QED) is 0.177. The maximum atomic E-state index is 16.4. The van der Waals surface area contributed by atoms with Crippen LogP contribution in [0.15, 0.2) is 54.9 Å². The number of anilines is 3. The van der Waals surface area contributed by atoms with Crippen molar-refractivity contribution in [1.82, 2.24) is 9.97 Å². The molecule has 48 heavy (non-hydrogen) atoms. The van der Waals surface area contributed by atoms with Crippen molar-refractivity contribution < 1.29 is 42.8 Å². The molecule has 5 rings (SSSR count). The Balaban J connectivity index is 1.46. The Labute approximate surface area is 276 Å². The summed E-state index contributed by atoms with van der Waals surface area (Å²) >= 11 is 0. The van der Waals surface area contributed by atoms with Crippen molar-refractivity contribution in [3.8, 4) is 17.0 Å². The molecule has 0 spiro atoms. The van der Waals surface area contributed by atoms with Crippen LogP contribution < -0.4 is 20.3 Å². The number of carboxylic acid groups (broad SMARTS) is 1. The van der Waals surface area contributed by atoms with Gasteiger partial charge in [-0.3, -0.25) is 15.5 Å². The van der Waals surface area contributed by atoms with Gasteiger partial charge in [0.25, 0.3) is 0 Å². The maximum absolute atomic E-state index is 16.4. The van der Waals surface area contributed by atoms with Gasteiger partial charge in [-0.2, -0.15) is 0 Å². The molecule has 1 unspecified atom stereocenters. The summed E-state index contributed by atoms with van der Waals surface area (Å²) in [5.41, 5.74) is 0.725. The number of carbonyl (C=O) groups excluding carboxylic acids is 2. The number of hydrogen-bond acceptors (Lipinski definition) is 9. The van der Waals surface area contributed by atoms with E-state index in [1.54, 1.807) is 34.6 Å². The average molecular weight is 662 g/mol. The highest BCUT2D eigenvalue weighted by Crippen LogP contribution is 2.42. The van der Waals surface area contributed by atoms with Gasteiger partial charge in [-0.15, -0.1) is 0 Å². The summed E-state index contributed by atoms with van der Waals surface area (Å²) in [6.07, 6.45) is -0.795. The molecule has 13 nitrogen and oxygen atoms in total. The molecule has 1 atom stereocenters. The molecule has 0 aliphatic carbocycles. The predicted octanol–water partition coefficient (Wildman–Crippen LogP) is 7.12. The lowest BCUT2D eigenvalue weighted by atomic mass is 9.96. The standard InChI is InChI=1S/C34H36FN5O8/c1-19(17-45-18-21-9-7-6-8-10-21)47-31(41)38-26-14-22-13-23(24-15-37-30-29(20(24)2)40(33(43)44)11-12-46-30)27(35)28(25(22)16-36-26)39-32(42)48-34(3,4)5/h6-10,13-16,19H,11-12,17-18H2,1-5H3,(H,39,42)(H,43,44)(H,36,38,41). The van der Waals surface area contributed by atoms with Crippen molar-refractivity contribution in [2.75, 3.05) is 35.3 Å². The molecule has 0 radical (unpaired) electrons. The van der Waals surface area contributed by atoms with E-state index in [9.17, 15) is 19.5 Å². The SMILES string of the molecule is Cc1c(-c2cc3cc(NC(=O)OC(C)COCc4ccccc4)ncc3c(NC(=O)OC(C)(C)C)c2F)cnc2c1N(C(=O)O)CCO2. The van der Waals surface area contributed by atoms with Gasteiger partial charge in [-0.1, -0.05) is 30.3 Å². The van der Waals surface area contributed by atoms with E-state index in [2.05, 4.69) is 20.6 Å². The molecule has 2 aromatic heterocycles. The Kier molecular flexibility index (Phi) is 9.94. The number of nitrogens with one attached hydrogen (secondary N) is 2. The highest BCUT2D eigenvalue weighted by atomic mass is 19.1. The molecule has 252 valence electrons. The number of rotatable bonds is 8. The highest BCUT2D eigenvalue weighted by Gasteiger charge is 2.30. The number of aromatic nitrogens is 2. The van der Waals surface area contributed by atoms with Crippen molar-refractivity contribution in [3.05, 3.63) is 71.8 Å². The summed E-state index contributed by atoms with van der Waals surface area (Å²) in [4.78, 5) is 47.1. The first-order chi connectivity index (χ1) is 22.8. The first-order valence-electron chi connectivity index (χ1n) is 15.2. The van der Waals surface area contributed by atoms with Crippen LogP contribution in [0.4, 0.5) is 36.0 Å². The van der Waals surface area contributed by atoms with E-state index in [1.165, 1.54) is 24.5 Å². The third-order valence-electron chi connectivity index (χ3n) is 7.21. The van der Waals surface area contributed by atoms with Crippen LogP contribution in [0.3, 0.4) is 0 Å². The van der Waals surface area contributed by atoms with E-state index in [1.807, 2.05) is 30.3 Å². The Bertz CT molecular complexity index is 1850. The highest BCUT2D eigenvalue weighted by molar-refractivity contribution is 6.04. The van der Waals surface area contributed by atoms with Crippen molar-refractivity contribution in [2.24, 2.45) is 0 Å². The van der Waals surface area contributed by atoms with Gasteiger partial charge in [0.1, 0.15) is 29.8 Å². The van der Waals surface area contributed by atoms with E-state index >= 15 is 4.39 Å². The zero-order valence-corrected chi connectivity index (χ0v) is 27.1. The predicted molar refractivity (Wildman–Crippen MR) is 176 cm³/mol. The molecule has 3 N–H and O–H groups in total. The molecular weight excluding hydrogens is 625 g/mol. The first kappa shape index (κ1) is 33.9. The summed E-state index contributed by atoms with van der Waals surface area (Å²) in [5, 5.41) is 15.5. The van der Waals surface area contributed by atoms with Crippen LogP contribution in [0.1, 0.15) is 38.8 Å². The third kappa shape index (κ3) is 7.89. The van der Waals surface area contributed by atoms with Crippen LogP contribution in [-0.4, -0.2) is 64.8 Å². The Hall–Kier alpha value is -5.50. The minimum absolute atomic E-state index is 0.00110. The molecule has 4 aromatic rings.